The predicted octanol–water partition coefficient (Wildman–Crippen LogP) is 0.744. The van der Waals surface area contributed by atoms with E-state index < -0.39 is 38.6 Å². The summed E-state index contributed by atoms with van der Waals surface area (Å²) in [5.41, 5.74) is 0. The topological polar surface area (TPSA) is 77.9 Å². The third kappa shape index (κ3) is 3.11. The molecule has 0 saturated carbocycles. The summed E-state index contributed by atoms with van der Waals surface area (Å²) in [6.45, 7) is 1.83. The molecule has 1 aromatic rings. The maximum Gasteiger partial charge on any atom is 0.320 e. The minimum absolute atomic E-state index is 0.0201. The smallest absolute Gasteiger partial charge is 0.320 e. The Balaban J connectivity index is 2.19. The summed E-state index contributed by atoms with van der Waals surface area (Å²) < 4.78 is 53.0. The van der Waals surface area contributed by atoms with Crippen molar-refractivity contribution in [2.75, 3.05) is 26.2 Å². The number of rotatable bonds is 4. The number of carbonyl (C=O) groups is 1. The number of nitrogens with zero attached hydrogens (tertiary/aromatic N) is 2. The van der Waals surface area contributed by atoms with E-state index in [0.717, 1.165) is 22.5 Å². The van der Waals surface area contributed by atoms with Crippen LogP contribution in [0.3, 0.4) is 0 Å². The lowest BCUT2D eigenvalue weighted by Gasteiger charge is -2.35. The Labute approximate surface area is 127 Å². The number of aliphatic carboxylic acids is 1. The van der Waals surface area contributed by atoms with Crippen molar-refractivity contribution in [3.05, 3.63) is 29.8 Å². The van der Waals surface area contributed by atoms with Crippen LogP contribution in [0.25, 0.3) is 0 Å². The fraction of sp³-hybridized carbons (Fsp3) is 0.462. The monoisotopic (exact) mass is 334 g/mol. The molecule has 1 N–H and O–H groups in total. The highest BCUT2D eigenvalue weighted by Gasteiger charge is 2.34. The molecule has 0 amide bonds. The van der Waals surface area contributed by atoms with Gasteiger partial charge in [0.15, 0.2) is 4.90 Å². The molecule has 0 spiro atoms. The Kier molecular flexibility index (Phi) is 4.78. The number of carboxylic acids is 1. The predicted molar refractivity (Wildman–Crippen MR) is 73.8 cm³/mol. The lowest BCUT2D eigenvalue weighted by molar-refractivity contribution is -0.143. The Morgan fingerprint density at radius 2 is 1.68 bits per heavy atom. The number of hydrogen-bond acceptors (Lipinski definition) is 4. The van der Waals surface area contributed by atoms with Gasteiger partial charge in [-0.1, -0.05) is 6.07 Å². The summed E-state index contributed by atoms with van der Waals surface area (Å²) in [5.74, 6) is -3.28. The maximum absolute atomic E-state index is 13.7. The van der Waals surface area contributed by atoms with Crippen LogP contribution in [0.4, 0.5) is 8.78 Å². The summed E-state index contributed by atoms with van der Waals surface area (Å²) in [7, 11) is -4.28. The number of carboxylic acid groups (broad SMARTS) is 1. The summed E-state index contributed by atoms with van der Waals surface area (Å²) in [5, 5.41) is 8.94. The summed E-state index contributed by atoms with van der Waals surface area (Å²) in [4.78, 5) is 11.6. The minimum Gasteiger partial charge on any atom is -0.480 e. The molecule has 0 aromatic heterocycles. The van der Waals surface area contributed by atoms with Crippen LogP contribution in [0.2, 0.25) is 0 Å². The van der Waals surface area contributed by atoms with Crippen LogP contribution in [0, 0.1) is 11.6 Å². The number of sulfonamides is 1. The van der Waals surface area contributed by atoms with Crippen LogP contribution in [0.5, 0.6) is 0 Å². The molecule has 1 aliphatic rings. The Morgan fingerprint density at radius 3 is 2.14 bits per heavy atom. The van der Waals surface area contributed by atoms with Gasteiger partial charge in [-0.15, -0.1) is 0 Å². The van der Waals surface area contributed by atoms with E-state index in [2.05, 4.69) is 0 Å². The van der Waals surface area contributed by atoms with E-state index in [0.29, 0.717) is 0 Å². The van der Waals surface area contributed by atoms with E-state index in [-0.39, 0.29) is 26.2 Å². The highest BCUT2D eigenvalue weighted by atomic mass is 32.2. The largest absolute Gasteiger partial charge is 0.480 e. The number of hydrogen-bond donors (Lipinski definition) is 1. The maximum atomic E-state index is 13.7. The van der Waals surface area contributed by atoms with E-state index >= 15 is 0 Å². The summed E-state index contributed by atoms with van der Waals surface area (Å²) in [6, 6.07) is 2.13. The van der Waals surface area contributed by atoms with Crippen LogP contribution in [-0.4, -0.2) is 60.9 Å². The molecule has 1 heterocycles. The SMILES string of the molecule is C[C@H](C(=O)O)N1CCN(S(=O)(=O)c2c(F)cccc2F)CC1. The van der Waals surface area contributed by atoms with Crippen LogP contribution in [0.15, 0.2) is 23.1 Å². The molecule has 1 fully saturated rings. The van der Waals surface area contributed by atoms with Crippen molar-refractivity contribution in [3.63, 3.8) is 0 Å². The van der Waals surface area contributed by atoms with Crippen LogP contribution in [-0.2, 0) is 14.8 Å². The zero-order valence-corrected chi connectivity index (χ0v) is 12.7. The van der Waals surface area contributed by atoms with E-state index in [1.807, 2.05) is 0 Å². The van der Waals surface area contributed by atoms with Gasteiger partial charge in [0.1, 0.15) is 17.7 Å². The normalized spacial score (nSPS) is 19.0. The molecule has 22 heavy (non-hydrogen) atoms. The molecule has 1 aromatic carbocycles. The van der Waals surface area contributed by atoms with E-state index in [1.165, 1.54) is 6.92 Å². The number of benzene rings is 1. The van der Waals surface area contributed by atoms with Crippen molar-refractivity contribution in [2.45, 2.75) is 17.9 Å². The molecule has 9 heteroatoms. The first-order chi connectivity index (χ1) is 10.2. The molecule has 2 rings (SSSR count). The Morgan fingerprint density at radius 1 is 1.18 bits per heavy atom. The highest BCUT2D eigenvalue weighted by Crippen LogP contribution is 2.23. The van der Waals surface area contributed by atoms with E-state index in [1.54, 1.807) is 4.90 Å². The van der Waals surface area contributed by atoms with Gasteiger partial charge < -0.3 is 5.11 Å². The highest BCUT2D eigenvalue weighted by molar-refractivity contribution is 7.89. The molecule has 1 aliphatic heterocycles. The van der Waals surface area contributed by atoms with Gasteiger partial charge in [-0.3, -0.25) is 9.69 Å². The Hall–Kier alpha value is -1.58. The lowest BCUT2D eigenvalue weighted by atomic mass is 10.2. The van der Waals surface area contributed by atoms with Crippen molar-refractivity contribution >= 4 is 16.0 Å². The van der Waals surface area contributed by atoms with Crippen molar-refractivity contribution in [1.29, 1.82) is 0 Å². The van der Waals surface area contributed by atoms with Gasteiger partial charge in [0.2, 0.25) is 10.0 Å². The third-order valence-electron chi connectivity index (χ3n) is 3.70. The van der Waals surface area contributed by atoms with Gasteiger partial charge in [0, 0.05) is 26.2 Å². The first kappa shape index (κ1) is 16.8. The van der Waals surface area contributed by atoms with Gasteiger partial charge in [0.05, 0.1) is 0 Å². The standard InChI is InChI=1S/C13H16F2N2O4S/c1-9(13(18)19)16-5-7-17(8-6-16)22(20,21)12-10(14)3-2-4-11(12)15/h2-4,9H,5-8H2,1H3,(H,18,19)/t9-/m1/s1. The molecule has 1 saturated heterocycles. The summed E-state index contributed by atoms with van der Waals surface area (Å²) >= 11 is 0. The van der Waals surface area contributed by atoms with E-state index in [4.69, 9.17) is 5.11 Å². The quantitative estimate of drug-likeness (QED) is 0.879. The van der Waals surface area contributed by atoms with E-state index in [9.17, 15) is 22.0 Å². The molecular weight excluding hydrogens is 318 g/mol. The first-order valence-electron chi connectivity index (χ1n) is 6.66. The van der Waals surface area contributed by atoms with Gasteiger partial charge in [-0.05, 0) is 19.1 Å². The second-order valence-corrected chi connectivity index (χ2v) is 6.88. The molecule has 0 bridgehead atoms. The van der Waals surface area contributed by atoms with Gasteiger partial charge in [0.25, 0.3) is 0 Å². The van der Waals surface area contributed by atoms with Gasteiger partial charge in [-0.25, -0.2) is 17.2 Å². The Bertz CT molecular complexity index is 652. The zero-order chi connectivity index (χ0) is 16.5. The minimum atomic E-state index is -4.28. The fourth-order valence-electron chi connectivity index (χ4n) is 2.35. The van der Waals surface area contributed by atoms with Gasteiger partial charge >= 0.3 is 5.97 Å². The average molecular weight is 334 g/mol. The van der Waals surface area contributed by atoms with Crippen molar-refractivity contribution in [1.82, 2.24) is 9.21 Å². The van der Waals surface area contributed by atoms with Crippen LogP contribution in [0.1, 0.15) is 6.92 Å². The second-order valence-electron chi connectivity index (χ2n) is 5.01. The number of piperazine rings is 1. The van der Waals surface area contributed by atoms with Crippen molar-refractivity contribution in [3.8, 4) is 0 Å². The molecule has 0 unspecified atom stereocenters. The van der Waals surface area contributed by atoms with Gasteiger partial charge in [-0.2, -0.15) is 4.31 Å². The molecule has 0 radical (unpaired) electrons. The number of halogens is 2. The first-order valence-corrected chi connectivity index (χ1v) is 8.10. The fourth-order valence-corrected chi connectivity index (χ4v) is 3.88. The molecule has 1 atom stereocenters. The molecular formula is C13H16F2N2O4S. The molecule has 122 valence electrons. The lowest BCUT2D eigenvalue weighted by Crippen LogP contribution is -2.53. The zero-order valence-electron chi connectivity index (χ0n) is 11.9. The van der Waals surface area contributed by atoms with Crippen LogP contribution >= 0.6 is 0 Å². The van der Waals surface area contributed by atoms with Crippen molar-refractivity contribution in [2.24, 2.45) is 0 Å². The second kappa shape index (κ2) is 6.27. The van der Waals surface area contributed by atoms with Crippen LogP contribution < -0.4 is 0 Å². The average Bonchev–Trinajstić information content (AvgIpc) is 2.46. The third-order valence-corrected chi connectivity index (χ3v) is 5.65. The molecule has 6 nitrogen and oxygen atoms in total. The molecule has 0 aliphatic carbocycles. The summed E-state index contributed by atoms with van der Waals surface area (Å²) in [6.07, 6.45) is 0. The van der Waals surface area contributed by atoms with Crippen molar-refractivity contribution < 1.29 is 27.1 Å².